The molecule has 0 heteroatoms. The third-order valence-corrected chi connectivity index (χ3v) is 2.19. The van der Waals surface area contributed by atoms with Gasteiger partial charge < -0.3 is 0 Å². The summed E-state index contributed by atoms with van der Waals surface area (Å²) in [5, 5.41) is 0. The van der Waals surface area contributed by atoms with Gasteiger partial charge in [0.25, 0.3) is 0 Å². The summed E-state index contributed by atoms with van der Waals surface area (Å²) in [7, 11) is 0. The maximum atomic E-state index is 4.02. The normalized spacial score (nSPS) is 13.0. The van der Waals surface area contributed by atoms with Gasteiger partial charge in [-0.3, -0.25) is 0 Å². The molecule has 1 unspecified atom stereocenters. The molecular weight excluding hydrogens is 132 g/mol. The van der Waals surface area contributed by atoms with Gasteiger partial charge in [0.1, 0.15) is 0 Å². The summed E-state index contributed by atoms with van der Waals surface area (Å²) >= 11 is 0. The highest BCUT2D eigenvalue weighted by Crippen LogP contribution is 2.17. The van der Waals surface area contributed by atoms with Gasteiger partial charge in [-0.05, 0) is 18.8 Å². The second-order valence-electron chi connectivity index (χ2n) is 3.56. The molecule has 0 saturated heterocycles. The molecule has 0 amide bonds. The minimum atomic E-state index is 0.849. The predicted octanol–water partition coefficient (Wildman–Crippen LogP) is 4.17. The SMILES string of the molecule is C=C(CC)CC(C)CCCC. The number of unbranched alkanes of at least 4 members (excludes halogenated alkanes) is 1. The average molecular weight is 154 g/mol. The largest absolute Gasteiger partial charge is 0.0999 e. The fourth-order valence-electron chi connectivity index (χ4n) is 1.29. The molecule has 66 valence electrons. The van der Waals surface area contributed by atoms with Crippen molar-refractivity contribution in [2.45, 2.75) is 52.9 Å². The Bertz CT molecular complexity index is 103. The fraction of sp³-hybridized carbons (Fsp3) is 0.818. The summed E-state index contributed by atoms with van der Waals surface area (Å²) in [6.45, 7) is 10.8. The van der Waals surface area contributed by atoms with E-state index in [0.717, 1.165) is 12.3 Å². The molecule has 11 heavy (non-hydrogen) atoms. The molecule has 0 nitrogen and oxygen atoms in total. The van der Waals surface area contributed by atoms with E-state index >= 15 is 0 Å². The molecule has 0 radical (unpaired) electrons. The molecule has 1 atom stereocenters. The second-order valence-corrected chi connectivity index (χ2v) is 3.56. The lowest BCUT2D eigenvalue weighted by molar-refractivity contribution is 0.498. The smallest absolute Gasteiger partial charge is 0.0297 e. The molecular formula is C11H22. The van der Waals surface area contributed by atoms with Crippen molar-refractivity contribution in [1.82, 2.24) is 0 Å². The van der Waals surface area contributed by atoms with Crippen molar-refractivity contribution in [3.63, 3.8) is 0 Å². The molecule has 0 aromatic carbocycles. The Morgan fingerprint density at radius 2 is 2.00 bits per heavy atom. The van der Waals surface area contributed by atoms with Gasteiger partial charge in [-0.25, -0.2) is 0 Å². The Labute approximate surface area is 71.7 Å². The molecule has 0 spiro atoms. The first-order chi connectivity index (χ1) is 5.20. The fourth-order valence-corrected chi connectivity index (χ4v) is 1.29. The Morgan fingerprint density at radius 3 is 2.45 bits per heavy atom. The summed E-state index contributed by atoms with van der Waals surface area (Å²) in [5.74, 6) is 0.849. The maximum absolute atomic E-state index is 4.02. The van der Waals surface area contributed by atoms with E-state index in [1.165, 1.54) is 31.3 Å². The Morgan fingerprint density at radius 1 is 1.36 bits per heavy atom. The molecule has 0 rings (SSSR count). The molecule has 0 aromatic heterocycles. The third kappa shape index (κ3) is 6.15. The molecule has 0 bridgehead atoms. The Hall–Kier alpha value is -0.260. The first kappa shape index (κ1) is 10.7. The van der Waals surface area contributed by atoms with Crippen LogP contribution in [0.5, 0.6) is 0 Å². The monoisotopic (exact) mass is 154 g/mol. The molecule has 0 saturated carbocycles. The van der Waals surface area contributed by atoms with Gasteiger partial charge in [0.2, 0.25) is 0 Å². The first-order valence-electron chi connectivity index (χ1n) is 4.87. The average Bonchev–Trinajstić information content (AvgIpc) is 2.00. The van der Waals surface area contributed by atoms with Crippen LogP contribution in [0.2, 0.25) is 0 Å². The summed E-state index contributed by atoms with van der Waals surface area (Å²) in [6, 6.07) is 0. The van der Waals surface area contributed by atoms with E-state index in [0.29, 0.717) is 0 Å². The van der Waals surface area contributed by atoms with E-state index in [9.17, 15) is 0 Å². The van der Waals surface area contributed by atoms with Crippen LogP contribution in [-0.4, -0.2) is 0 Å². The van der Waals surface area contributed by atoms with Crippen molar-refractivity contribution in [2.75, 3.05) is 0 Å². The molecule has 0 fully saturated rings. The van der Waals surface area contributed by atoms with Crippen LogP contribution >= 0.6 is 0 Å². The minimum absolute atomic E-state index is 0.849. The van der Waals surface area contributed by atoms with E-state index in [4.69, 9.17) is 0 Å². The van der Waals surface area contributed by atoms with Crippen LogP contribution in [0.1, 0.15) is 52.9 Å². The van der Waals surface area contributed by atoms with Crippen LogP contribution in [-0.2, 0) is 0 Å². The van der Waals surface area contributed by atoms with Crippen LogP contribution in [0, 0.1) is 5.92 Å². The van der Waals surface area contributed by atoms with Crippen LogP contribution in [0.15, 0.2) is 12.2 Å². The Balaban J connectivity index is 3.35. The zero-order valence-electron chi connectivity index (χ0n) is 8.32. The quantitative estimate of drug-likeness (QED) is 0.504. The molecule has 0 aliphatic heterocycles. The van der Waals surface area contributed by atoms with E-state index in [2.05, 4.69) is 27.4 Å². The summed E-state index contributed by atoms with van der Waals surface area (Å²) in [6.07, 6.45) is 6.45. The van der Waals surface area contributed by atoms with Gasteiger partial charge in [-0.1, -0.05) is 52.2 Å². The summed E-state index contributed by atoms with van der Waals surface area (Å²) in [4.78, 5) is 0. The van der Waals surface area contributed by atoms with Gasteiger partial charge in [0.05, 0.1) is 0 Å². The molecule has 0 heterocycles. The molecule has 0 N–H and O–H groups in total. The van der Waals surface area contributed by atoms with Crippen molar-refractivity contribution >= 4 is 0 Å². The number of hydrogen-bond acceptors (Lipinski definition) is 0. The van der Waals surface area contributed by atoms with E-state index in [1.807, 2.05) is 0 Å². The van der Waals surface area contributed by atoms with Crippen molar-refractivity contribution in [3.8, 4) is 0 Å². The van der Waals surface area contributed by atoms with Gasteiger partial charge in [-0.2, -0.15) is 0 Å². The molecule has 0 aromatic rings. The minimum Gasteiger partial charge on any atom is -0.0999 e. The first-order valence-corrected chi connectivity index (χ1v) is 4.87. The van der Waals surface area contributed by atoms with Gasteiger partial charge in [-0.15, -0.1) is 0 Å². The standard InChI is InChI=1S/C11H22/c1-5-7-8-11(4)9-10(3)6-2/h11H,3,5-9H2,1-2,4H3. The van der Waals surface area contributed by atoms with E-state index in [1.54, 1.807) is 0 Å². The zero-order chi connectivity index (χ0) is 8.69. The van der Waals surface area contributed by atoms with E-state index < -0.39 is 0 Å². The van der Waals surface area contributed by atoms with Gasteiger partial charge in [0.15, 0.2) is 0 Å². The van der Waals surface area contributed by atoms with Crippen LogP contribution in [0.25, 0.3) is 0 Å². The van der Waals surface area contributed by atoms with Crippen LogP contribution in [0.4, 0.5) is 0 Å². The molecule has 0 aliphatic rings. The number of rotatable bonds is 6. The highest BCUT2D eigenvalue weighted by molar-refractivity contribution is 4.93. The predicted molar refractivity (Wildman–Crippen MR) is 52.7 cm³/mol. The Kier molecular flexibility index (Phi) is 6.30. The topological polar surface area (TPSA) is 0 Å². The summed E-state index contributed by atoms with van der Waals surface area (Å²) < 4.78 is 0. The number of allylic oxidation sites excluding steroid dienone is 1. The highest BCUT2D eigenvalue weighted by Gasteiger charge is 2.01. The highest BCUT2D eigenvalue weighted by atomic mass is 14.1. The van der Waals surface area contributed by atoms with Crippen molar-refractivity contribution in [3.05, 3.63) is 12.2 Å². The van der Waals surface area contributed by atoms with Gasteiger partial charge in [0, 0.05) is 0 Å². The van der Waals surface area contributed by atoms with E-state index in [-0.39, 0.29) is 0 Å². The summed E-state index contributed by atoms with van der Waals surface area (Å²) in [5.41, 5.74) is 1.41. The van der Waals surface area contributed by atoms with Crippen LogP contribution in [0.3, 0.4) is 0 Å². The zero-order valence-corrected chi connectivity index (χ0v) is 8.32. The van der Waals surface area contributed by atoms with Crippen LogP contribution < -0.4 is 0 Å². The second kappa shape index (κ2) is 6.45. The molecule has 0 aliphatic carbocycles. The van der Waals surface area contributed by atoms with Gasteiger partial charge >= 0.3 is 0 Å². The lowest BCUT2D eigenvalue weighted by atomic mass is 9.96. The lowest BCUT2D eigenvalue weighted by Crippen LogP contribution is -1.95. The number of hydrogen-bond donors (Lipinski definition) is 0. The lowest BCUT2D eigenvalue weighted by Gasteiger charge is -2.10. The van der Waals surface area contributed by atoms with Crippen molar-refractivity contribution in [1.29, 1.82) is 0 Å². The maximum Gasteiger partial charge on any atom is -0.0297 e. The van der Waals surface area contributed by atoms with Crippen molar-refractivity contribution in [2.24, 2.45) is 5.92 Å². The third-order valence-electron chi connectivity index (χ3n) is 2.19. The van der Waals surface area contributed by atoms with Crippen molar-refractivity contribution < 1.29 is 0 Å².